The Hall–Kier alpha value is -1.16. The van der Waals surface area contributed by atoms with E-state index in [4.69, 9.17) is 4.74 Å². The summed E-state index contributed by atoms with van der Waals surface area (Å²) in [7, 11) is 0. The predicted octanol–water partition coefficient (Wildman–Crippen LogP) is 1.50. The van der Waals surface area contributed by atoms with Gasteiger partial charge < -0.3 is 9.72 Å². The van der Waals surface area contributed by atoms with Gasteiger partial charge in [-0.25, -0.2) is 4.98 Å². The van der Waals surface area contributed by atoms with Crippen molar-refractivity contribution < 1.29 is 4.74 Å². The van der Waals surface area contributed by atoms with Gasteiger partial charge in [0.1, 0.15) is 11.9 Å². The molecule has 80 valence electrons. The van der Waals surface area contributed by atoms with Crippen LogP contribution in [-0.4, -0.2) is 16.6 Å². The highest BCUT2D eigenvalue weighted by atomic mass is 16.5. The van der Waals surface area contributed by atoms with E-state index in [2.05, 4.69) is 9.97 Å². The first-order valence-corrected chi connectivity index (χ1v) is 5.56. The molecule has 0 radical (unpaired) electrons. The van der Waals surface area contributed by atoms with Crippen LogP contribution in [0.15, 0.2) is 10.9 Å². The molecule has 1 saturated heterocycles. The van der Waals surface area contributed by atoms with Crippen LogP contribution in [0.4, 0.5) is 0 Å². The Labute approximate surface area is 87.7 Å². The lowest BCUT2D eigenvalue weighted by Gasteiger charge is -2.09. The summed E-state index contributed by atoms with van der Waals surface area (Å²) < 4.78 is 5.52. The highest BCUT2D eigenvalue weighted by Gasteiger charge is 2.27. The highest BCUT2D eigenvalue weighted by Crippen LogP contribution is 2.38. The molecule has 1 aliphatic carbocycles. The molecule has 2 heterocycles. The largest absolute Gasteiger partial charge is 0.370 e. The van der Waals surface area contributed by atoms with E-state index in [0.717, 1.165) is 31.0 Å². The van der Waals surface area contributed by atoms with Crippen LogP contribution in [0, 0.1) is 0 Å². The van der Waals surface area contributed by atoms with Gasteiger partial charge in [0.2, 0.25) is 0 Å². The van der Waals surface area contributed by atoms with Gasteiger partial charge in [-0.2, -0.15) is 0 Å². The Morgan fingerprint density at radius 3 is 2.93 bits per heavy atom. The second-order valence-corrected chi connectivity index (χ2v) is 4.33. The third-order valence-electron chi connectivity index (χ3n) is 3.01. The Balaban J connectivity index is 1.95. The number of aromatic nitrogens is 2. The first-order chi connectivity index (χ1) is 7.33. The van der Waals surface area contributed by atoms with Crippen LogP contribution in [0.25, 0.3) is 0 Å². The Kier molecular flexibility index (Phi) is 2.09. The minimum absolute atomic E-state index is 0.0106. The number of H-pyrrole nitrogens is 1. The second kappa shape index (κ2) is 3.45. The molecular weight excluding hydrogens is 192 g/mol. The zero-order valence-corrected chi connectivity index (χ0v) is 8.53. The maximum absolute atomic E-state index is 11.4. The van der Waals surface area contributed by atoms with Crippen LogP contribution in [0.2, 0.25) is 0 Å². The lowest BCUT2D eigenvalue weighted by molar-refractivity contribution is 0.104. The van der Waals surface area contributed by atoms with Crippen molar-refractivity contribution in [2.75, 3.05) is 6.61 Å². The van der Waals surface area contributed by atoms with Crippen LogP contribution in [-0.2, 0) is 4.74 Å². The van der Waals surface area contributed by atoms with Gasteiger partial charge in [-0.05, 0) is 25.7 Å². The normalized spacial score (nSPS) is 25.7. The summed E-state index contributed by atoms with van der Waals surface area (Å²) >= 11 is 0. The van der Waals surface area contributed by atoms with E-state index >= 15 is 0 Å². The van der Waals surface area contributed by atoms with E-state index in [1.54, 1.807) is 6.07 Å². The third kappa shape index (κ3) is 1.81. The Morgan fingerprint density at radius 2 is 2.27 bits per heavy atom. The van der Waals surface area contributed by atoms with Crippen molar-refractivity contribution in [3.05, 3.63) is 27.9 Å². The number of nitrogens with zero attached hydrogens (tertiary/aromatic N) is 1. The summed E-state index contributed by atoms with van der Waals surface area (Å²) in [5, 5.41) is 0. The van der Waals surface area contributed by atoms with Gasteiger partial charge in [0.05, 0.1) is 5.69 Å². The van der Waals surface area contributed by atoms with Crippen molar-refractivity contribution in [2.45, 2.75) is 37.7 Å². The first kappa shape index (κ1) is 9.09. The lowest BCUT2D eigenvalue weighted by Crippen LogP contribution is -2.15. The van der Waals surface area contributed by atoms with Gasteiger partial charge in [0.15, 0.2) is 0 Å². The SMILES string of the molecule is O=c1cc(C2CC2)nc(C2CCCO2)[nH]1. The molecule has 1 atom stereocenters. The summed E-state index contributed by atoms with van der Waals surface area (Å²) in [6, 6.07) is 1.62. The fourth-order valence-corrected chi connectivity index (χ4v) is 2.03. The molecule has 1 unspecified atom stereocenters. The Bertz CT molecular complexity index is 417. The van der Waals surface area contributed by atoms with Crippen LogP contribution in [0.5, 0.6) is 0 Å². The molecule has 1 aromatic heterocycles. The highest BCUT2D eigenvalue weighted by molar-refractivity contribution is 5.15. The monoisotopic (exact) mass is 206 g/mol. The summed E-state index contributed by atoms with van der Waals surface area (Å²) in [5.74, 6) is 1.24. The molecule has 1 aromatic rings. The van der Waals surface area contributed by atoms with E-state index in [9.17, 15) is 4.79 Å². The number of ether oxygens (including phenoxy) is 1. The van der Waals surface area contributed by atoms with E-state index in [1.807, 2.05) is 0 Å². The topological polar surface area (TPSA) is 55.0 Å². The smallest absolute Gasteiger partial charge is 0.251 e. The molecule has 1 saturated carbocycles. The molecule has 0 amide bonds. The van der Waals surface area contributed by atoms with Crippen molar-refractivity contribution in [1.29, 1.82) is 0 Å². The zero-order chi connectivity index (χ0) is 10.3. The standard InChI is InChI=1S/C11H14N2O2/c14-10-6-8(7-3-4-7)12-11(13-10)9-2-1-5-15-9/h6-7,9H,1-5H2,(H,12,13,14). The quantitative estimate of drug-likeness (QED) is 0.797. The van der Waals surface area contributed by atoms with Crippen molar-refractivity contribution in [2.24, 2.45) is 0 Å². The number of nitrogens with one attached hydrogen (secondary N) is 1. The molecule has 15 heavy (non-hydrogen) atoms. The van der Waals surface area contributed by atoms with Crippen LogP contribution < -0.4 is 5.56 Å². The number of rotatable bonds is 2. The molecule has 0 aromatic carbocycles. The molecule has 3 rings (SSSR count). The predicted molar refractivity (Wildman–Crippen MR) is 54.8 cm³/mol. The number of aromatic amines is 1. The van der Waals surface area contributed by atoms with Crippen molar-refractivity contribution in [3.63, 3.8) is 0 Å². The third-order valence-corrected chi connectivity index (χ3v) is 3.01. The molecule has 1 aliphatic heterocycles. The van der Waals surface area contributed by atoms with Crippen molar-refractivity contribution >= 4 is 0 Å². The lowest BCUT2D eigenvalue weighted by atomic mass is 10.2. The summed E-state index contributed by atoms with van der Waals surface area (Å²) in [6.07, 6.45) is 4.37. The van der Waals surface area contributed by atoms with E-state index in [0.29, 0.717) is 5.92 Å². The Morgan fingerprint density at radius 1 is 1.40 bits per heavy atom. The average molecular weight is 206 g/mol. The average Bonchev–Trinajstić information content (AvgIpc) is 2.93. The van der Waals surface area contributed by atoms with Gasteiger partial charge in [0, 0.05) is 18.6 Å². The van der Waals surface area contributed by atoms with Crippen LogP contribution in [0.3, 0.4) is 0 Å². The molecule has 2 fully saturated rings. The van der Waals surface area contributed by atoms with E-state index < -0.39 is 0 Å². The van der Waals surface area contributed by atoms with Gasteiger partial charge in [-0.15, -0.1) is 0 Å². The van der Waals surface area contributed by atoms with E-state index in [1.165, 1.54) is 12.8 Å². The van der Waals surface area contributed by atoms with Crippen molar-refractivity contribution in [1.82, 2.24) is 9.97 Å². The number of hydrogen-bond acceptors (Lipinski definition) is 3. The second-order valence-electron chi connectivity index (χ2n) is 4.33. The molecule has 4 heteroatoms. The number of hydrogen-bond donors (Lipinski definition) is 1. The maximum Gasteiger partial charge on any atom is 0.251 e. The van der Waals surface area contributed by atoms with Gasteiger partial charge in [-0.1, -0.05) is 0 Å². The molecule has 0 bridgehead atoms. The van der Waals surface area contributed by atoms with Crippen molar-refractivity contribution in [3.8, 4) is 0 Å². The minimum Gasteiger partial charge on any atom is -0.370 e. The molecule has 4 nitrogen and oxygen atoms in total. The fourth-order valence-electron chi connectivity index (χ4n) is 2.03. The molecule has 0 spiro atoms. The fraction of sp³-hybridized carbons (Fsp3) is 0.636. The summed E-state index contributed by atoms with van der Waals surface area (Å²) in [5.41, 5.74) is 0.904. The van der Waals surface area contributed by atoms with E-state index in [-0.39, 0.29) is 11.7 Å². The van der Waals surface area contributed by atoms with Gasteiger partial charge in [-0.3, -0.25) is 4.79 Å². The van der Waals surface area contributed by atoms with Crippen LogP contribution in [0.1, 0.15) is 49.2 Å². The molecular formula is C11H14N2O2. The zero-order valence-electron chi connectivity index (χ0n) is 8.53. The summed E-state index contributed by atoms with van der Waals surface area (Å²) in [4.78, 5) is 18.7. The maximum atomic E-state index is 11.4. The minimum atomic E-state index is -0.0441. The van der Waals surface area contributed by atoms with Crippen LogP contribution >= 0.6 is 0 Å². The first-order valence-electron chi connectivity index (χ1n) is 5.56. The molecule has 2 aliphatic rings. The van der Waals surface area contributed by atoms with Gasteiger partial charge in [0.25, 0.3) is 5.56 Å². The molecule has 1 N–H and O–H groups in total. The van der Waals surface area contributed by atoms with Gasteiger partial charge >= 0.3 is 0 Å². The summed E-state index contributed by atoms with van der Waals surface area (Å²) in [6.45, 7) is 0.780.